The number of anilines is 1. The average Bonchev–Trinajstić information content (AvgIpc) is 2.57. The molecule has 2 rings (SSSR count). The lowest BCUT2D eigenvalue weighted by Gasteiger charge is -2.22. The van der Waals surface area contributed by atoms with Crippen LogP contribution in [0, 0.1) is 6.92 Å². The van der Waals surface area contributed by atoms with Gasteiger partial charge in [-0.3, -0.25) is 9.69 Å². The molecule has 2 aromatic carbocycles. The van der Waals surface area contributed by atoms with Crippen LogP contribution in [0.3, 0.4) is 0 Å². The van der Waals surface area contributed by atoms with Gasteiger partial charge in [0.1, 0.15) is 5.75 Å². The number of carbonyl (C=O) groups excluding carboxylic acids is 1. The van der Waals surface area contributed by atoms with Gasteiger partial charge in [-0.05, 0) is 24.6 Å². The molecule has 0 heterocycles. The lowest BCUT2D eigenvalue weighted by atomic mass is 10.2. The highest BCUT2D eigenvalue weighted by Gasteiger charge is 2.14. The van der Waals surface area contributed by atoms with E-state index in [1.807, 2.05) is 60.4 Å². The van der Waals surface area contributed by atoms with Crippen LogP contribution in [-0.2, 0) is 11.3 Å². The summed E-state index contributed by atoms with van der Waals surface area (Å²) in [5.41, 5.74) is 2.81. The number of para-hydroxylation sites is 2. The number of ether oxygens (including phenoxy) is 1. The molecular weight excluding hydrogens is 304 g/mol. The van der Waals surface area contributed by atoms with Gasteiger partial charge in [-0.15, -0.1) is 0 Å². The van der Waals surface area contributed by atoms with E-state index in [1.54, 1.807) is 7.11 Å². The monoisotopic (exact) mass is 328 g/mol. The van der Waals surface area contributed by atoms with E-state index in [0.29, 0.717) is 13.1 Å². The van der Waals surface area contributed by atoms with Gasteiger partial charge in [0.2, 0.25) is 5.91 Å². The molecule has 0 aliphatic rings. The smallest absolute Gasteiger partial charge is 0.238 e. The van der Waals surface area contributed by atoms with Gasteiger partial charge in [-0.2, -0.15) is 0 Å². The number of hydrogen-bond acceptors (Lipinski definition) is 4. The van der Waals surface area contributed by atoms with Gasteiger partial charge in [-0.25, -0.2) is 0 Å². The van der Waals surface area contributed by atoms with Gasteiger partial charge in [-0.1, -0.05) is 36.4 Å². The number of hydrogen-bond donors (Lipinski definition) is 2. The lowest BCUT2D eigenvalue weighted by Crippen LogP contribution is -2.35. The van der Waals surface area contributed by atoms with E-state index in [9.17, 15) is 9.90 Å². The van der Waals surface area contributed by atoms with Crippen molar-refractivity contribution in [3.05, 3.63) is 59.7 Å². The van der Waals surface area contributed by atoms with E-state index in [4.69, 9.17) is 4.74 Å². The summed E-state index contributed by atoms with van der Waals surface area (Å²) in [5, 5.41) is 12.2. The first-order valence-corrected chi connectivity index (χ1v) is 7.94. The average molecular weight is 328 g/mol. The number of aliphatic hydroxyl groups excluding tert-OH is 1. The Morgan fingerprint density at radius 2 is 1.88 bits per heavy atom. The highest BCUT2D eigenvalue weighted by atomic mass is 16.5. The predicted octanol–water partition coefficient (Wildman–Crippen LogP) is 2.44. The van der Waals surface area contributed by atoms with Crippen LogP contribution in [0.1, 0.15) is 11.1 Å². The van der Waals surface area contributed by atoms with Crippen molar-refractivity contribution in [2.45, 2.75) is 13.5 Å². The van der Waals surface area contributed by atoms with Gasteiger partial charge >= 0.3 is 0 Å². The van der Waals surface area contributed by atoms with Crippen LogP contribution in [0.2, 0.25) is 0 Å². The fourth-order valence-electron chi connectivity index (χ4n) is 2.54. The van der Waals surface area contributed by atoms with E-state index in [0.717, 1.165) is 22.6 Å². The lowest BCUT2D eigenvalue weighted by molar-refractivity contribution is -0.117. The van der Waals surface area contributed by atoms with E-state index in [1.165, 1.54) is 0 Å². The second-order valence-electron chi connectivity index (χ2n) is 5.61. The molecule has 5 heteroatoms. The van der Waals surface area contributed by atoms with Crippen molar-refractivity contribution in [2.24, 2.45) is 0 Å². The third-order valence-corrected chi connectivity index (χ3v) is 3.79. The summed E-state index contributed by atoms with van der Waals surface area (Å²) in [4.78, 5) is 14.2. The Morgan fingerprint density at radius 3 is 2.58 bits per heavy atom. The normalized spacial score (nSPS) is 10.7. The maximum Gasteiger partial charge on any atom is 0.238 e. The standard InChI is InChI=1S/C19H24N2O3/c1-15-7-3-5-9-17(15)20-19(23)14-21(11-12-22)13-16-8-4-6-10-18(16)24-2/h3-10,22H,11-14H2,1-2H3,(H,20,23). The number of rotatable bonds is 8. The molecular formula is C19H24N2O3. The number of nitrogens with zero attached hydrogens (tertiary/aromatic N) is 1. The number of benzene rings is 2. The highest BCUT2D eigenvalue weighted by molar-refractivity contribution is 5.92. The fraction of sp³-hybridized carbons (Fsp3) is 0.316. The van der Waals surface area contributed by atoms with E-state index in [2.05, 4.69) is 5.32 Å². The van der Waals surface area contributed by atoms with Gasteiger partial charge < -0.3 is 15.2 Å². The van der Waals surface area contributed by atoms with Crippen molar-refractivity contribution in [1.29, 1.82) is 0 Å². The molecule has 0 saturated carbocycles. The molecule has 0 radical (unpaired) electrons. The molecule has 0 aromatic heterocycles. The molecule has 5 nitrogen and oxygen atoms in total. The van der Waals surface area contributed by atoms with Crippen molar-refractivity contribution in [3.8, 4) is 5.75 Å². The van der Waals surface area contributed by atoms with Crippen LogP contribution in [0.25, 0.3) is 0 Å². The molecule has 0 saturated heterocycles. The first kappa shape index (κ1) is 18.0. The summed E-state index contributed by atoms with van der Waals surface area (Å²) >= 11 is 0. The quantitative estimate of drug-likeness (QED) is 0.781. The number of amides is 1. The molecule has 128 valence electrons. The molecule has 0 bridgehead atoms. The van der Waals surface area contributed by atoms with Gasteiger partial charge in [0.25, 0.3) is 0 Å². The molecule has 24 heavy (non-hydrogen) atoms. The van der Waals surface area contributed by atoms with Gasteiger partial charge in [0.05, 0.1) is 20.3 Å². The molecule has 2 aromatic rings. The first-order valence-electron chi connectivity index (χ1n) is 7.94. The Kier molecular flexibility index (Phi) is 6.78. The maximum absolute atomic E-state index is 12.3. The maximum atomic E-state index is 12.3. The minimum absolute atomic E-state index is 0.00715. The number of nitrogens with one attached hydrogen (secondary N) is 1. The second kappa shape index (κ2) is 9.05. The van der Waals surface area contributed by atoms with Crippen molar-refractivity contribution in [2.75, 3.05) is 32.1 Å². The molecule has 0 aliphatic carbocycles. The molecule has 0 aliphatic heterocycles. The summed E-state index contributed by atoms with van der Waals surface area (Å²) in [5.74, 6) is 0.674. The molecule has 0 fully saturated rings. The Morgan fingerprint density at radius 1 is 1.17 bits per heavy atom. The Hall–Kier alpha value is -2.37. The van der Waals surface area contributed by atoms with Crippen molar-refractivity contribution in [3.63, 3.8) is 0 Å². The largest absolute Gasteiger partial charge is 0.496 e. The summed E-state index contributed by atoms with van der Waals surface area (Å²) < 4.78 is 5.35. The molecule has 0 unspecified atom stereocenters. The number of aryl methyl sites for hydroxylation is 1. The fourth-order valence-corrected chi connectivity index (χ4v) is 2.54. The zero-order chi connectivity index (χ0) is 17.4. The highest BCUT2D eigenvalue weighted by Crippen LogP contribution is 2.19. The van der Waals surface area contributed by atoms with E-state index in [-0.39, 0.29) is 19.1 Å². The van der Waals surface area contributed by atoms with Crippen molar-refractivity contribution in [1.82, 2.24) is 4.90 Å². The minimum atomic E-state index is -0.104. The van der Waals surface area contributed by atoms with Crippen molar-refractivity contribution >= 4 is 11.6 Å². The van der Waals surface area contributed by atoms with Crippen LogP contribution in [0.15, 0.2) is 48.5 Å². The van der Waals surface area contributed by atoms with Gasteiger partial charge in [0.15, 0.2) is 0 Å². The van der Waals surface area contributed by atoms with Gasteiger partial charge in [0, 0.05) is 24.3 Å². The number of carbonyl (C=O) groups is 1. The molecule has 1 amide bonds. The summed E-state index contributed by atoms with van der Waals surface area (Å²) in [6, 6.07) is 15.3. The van der Waals surface area contributed by atoms with Crippen LogP contribution < -0.4 is 10.1 Å². The second-order valence-corrected chi connectivity index (χ2v) is 5.61. The predicted molar refractivity (Wildman–Crippen MR) is 95.2 cm³/mol. The zero-order valence-corrected chi connectivity index (χ0v) is 14.2. The summed E-state index contributed by atoms with van der Waals surface area (Å²) in [6.45, 7) is 3.10. The SMILES string of the molecule is COc1ccccc1CN(CCO)CC(=O)Nc1ccccc1C. The summed E-state index contributed by atoms with van der Waals surface area (Å²) in [6.07, 6.45) is 0. The van der Waals surface area contributed by atoms with Crippen LogP contribution >= 0.6 is 0 Å². The zero-order valence-electron chi connectivity index (χ0n) is 14.2. The van der Waals surface area contributed by atoms with Crippen molar-refractivity contribution < 1.29 is 14.6 Å². The Labute approximate surface area is 142 Å². The summed E-state index contributed by atoms with van der Waals surface area (Å²) in [7, 11) is 1.63. The number of methoxy groups -OCH3 is 1. The number of aliphatic hydroxyl groups is 1. The van der Waals surface area contributed by atoms with E-state index < -0.39 is 0 Å². The van der Waals surface area contributed by atoms with Crippen LogP contribution in [-0.4, -0.2) is 42.7 Å². The molecule has 2 N–H and O–H groups in total. The van der Waals surface area contributed by atoms with Crippen LogP contribution in [0.4, 0.5) is 5.69 Å². The molecule has 0 atom stereocenters. The molecule has 0 spiro atoms. The first-order chi connectivity index (χ1) is 11.6. The Balaban J connectivity index is 2.02. The van der Waals surface area contributed by atoms with Crippen LogP contribution in [0.5, 0.6) is 5.75 Å². The third-order valence-electron chi connectivity index (χ3n) is 3.79. The third kappa shape index (κ3) is 5.08. The van der Waals surface area contributed by atoms with E-state index >= 15 is 0 Å². The topological polar surface area (TPSA) is 61.8 Å². The minimum Gasteiger partial charge on any atom is -0.496 e. The Bertz CT molecular complexity index is 673.